The zero-order valence-corrected chi connectivity index (χ0v) is 16.0. The lowest BCUT2D eigenvalue weighted by atomic mass is 10.1. The number of rotatable bonds is 7. The van der Waals surface area contributed by atoms with Gasteiger partial charge in [-0.25, -0.2) is 13.8 Å². The van der Waals surface area contributed by atoms with E-state index in [9.17, 15) is 13.2 Å². The van der Waals surface area contributed by atoms with Crippen LogP contribution in [0.2, 0.25) is 0 Å². The van der Waals surface area contributed by atoms with Crippen molar-refractivity contribution in [3.63, 3.8) is 0 Å². The second-order valence-corrected chi connectivity index (χ2v) is 7.80. The standard InChI is InChI=1S/C19H23N3O3S/c1-4-16-10-12-17(13-11-16)22(14-19(23)21-20-15(2)3)26(24,25)18-8-6-5-7-9-18/h5-13H,4,14H2,1-3H3,(H,21,23). The second-order valence-electron chi connectivity index (χ2n) is 5.94. The average Bonchev–Trinajstić information content (AvgIpc) is 2.65. The van der Waals surface area contributed by atoms with Crippen molar-refractivity contribution in [2.45, 2.75) is 32.1 Å². The molecule has 0 heterocycles. The fourth-order valence-electron chi connectivity index (χ4n) is 2.27. The highest BCUT2D eigenvalue weighted by molar-refractivity contribution is 7.92. The molecule has 0 aromatic heterocycles. The molecule has 138 valence electrons. The molecular weight excluding hydrogens is 350 g/mol. The largest absolute Gasteiger partial charge is 0.271 e. The van der Waals surface area contributed by atoms with Crippen LogP contribution in [0.25, 0.3) is 0 Å². The molecule has 0 aliphatic heterocycles. The molecule has 0 saturated heterocycles. The number of aryl methyl sites for hydroxylation is 1. The van der Waals surface area contributed by atoms with E-state index in [1.807, 2.05) is 19.1 Å². The molecule has 26 heavy (non-hydrogen) atoms. The Hall–Kier alpha value is -2.67. The SMILES string of the molecule is CCc1ccc(N(CC(=O)NN=C(C)C)S(=O)(=O)c2ccccc2)cc1. The number of carbonyl (C=O) groups excluding carboxylic acids is 1. The van der Waals surface area contributed by atoms with Crippen LogP contribution < -0.4 is 9.73 Å². The van der Waals surface area contributed by atoms with Crippen molar-refractivity contribution in [3.05, 3.63) is 60.2 Å². The second kappa shape index (κ2) is 8.62. The van der Waals surface area contributed by atoms with Gasteiger partial charge in [-0.2, -0.15) is 5.10 Å². The maximum atomic E-state index is 13.1. The third kappa shape index (κ3) is 4.92. The van der Waals surface area contributed by atoms with Gasteiger partial charge in [0.05, 0.1) is 10.6 Å². The van der Waals surface area contributed by atoms with Crippen molar-refractivity contribution in [1.82, 2.24) is 5.43 Å². The lowest BCUT2D eigenvalue weighted by Gasteiger charge is -2.24. The zero-order chi connectivity index (χ0) is 19.2. The smallest absolute Gasteiger partial charge is 0.264 e. The van der Waals surface area contributed by atoms with Crippen LogP contribution in [0.5, 0.6) is 0 Å². The third-order valence-corrected chi connectivity index (χ3v) is 5.44. The summed E-state index contributed by atoms with van der Waals surface area (Å²) in [4.78, 5) is 12.3. The van der Waals surface area contributed by atoms with Gasteiger partial charge in [0.2, 0.25) is 0 Å². The molecule has 0 aliphatic rings. The fourth-order valence-corrected chi connectivity index (χ4v) is 3.71. The van der Waals surface area contributed by atoms with Gasteiger partial charge in [0.25, 0.3) is 15.9 Å². The number of hydrogen-bond acceptors (Lipinski definition) is 4. The van der Waals surface area contributed by atoms with Gasteiger partial charge < -0.3 is 0 Å². The van der Waals surface area contributed by atoms with Gasteiger partial charge in [-0.15, -0.1) is 0 Å². The minimum absolute atomic E-state index is 0.127. The molecule has 0 fully saturated rings. The average molecular weight is 373 g/mol. The molecule has 7 heteroatoms. The van der Waals surface area contributed by atoms with Gasteiger partial charge in [0.15, 0.2) is 0 Å². The molecule has 1 amide bonds. The van der Waals surface area contributed by atoms with Crippen LogP contribution in [-0.2, 0) is 21.2 Å². The van der Waals surface area contributed by atoms with Crippen LogP contribution >= 0.6 is 0 Å². The summed E-state index contributed by atoms with van der Waals surface area (Å²) in [5, 5.41) is 3.85. The molecule has 1 N–H and O–H groups in total. The summed E-state index contributed by atoms with van der Waals surface area (Å²) in [6.07, 6.45) is 0.844. The van der Waals surface area contributed by atoms with E-state index in [-0.39, 0.29) is 11.4 Å². The summed E-state index contributed by atoms with van der Waals surface area (Å²) in [5.74, 6) is -0.509. The highest BCUT2D eigenvalue weighted by Crippen LogP contribution is 2.24. The topological polar surface area (TPSA) is 78.8 Å². The molecule has 0 unspecified atom stereocenters. The van der Waals surface area contributed by atoms with Gasteiger partial charge in [-0.05, 0) is 50.1 Å². The van der Waals surface area contributed by atoms with Crippen LogP contribution in [-0.4, -0.2) is 26.6 Å². The highest BCUT2D eigenvalue weighted by atomic mass is 32.2. The number of nitrogens with one attached hydrogen (secondary N) is 1. The minimum Gasteiger partial charge on any atom is -0.271 e. The van der Waals surface area contributed by atoms with Crippen molar-refractivity contribution in [1.29, 1.82) is 0 Å². The monoisotopic (exact) mass is 373 g/mol. The summed E-state index contributed by atoms with van der Waals surface area (Å²) < 4.78 is 27.2. The van der Waals surface area contributed by atoms with Crippen molar-refractivity contribution >= 4 is 27.3 Å². The molecular formula is C19H23N3O3S. The van der Waals surface area contributed by atoms with Crippen molar-refractivity contribution in [3.8, 4) is 0 Å². The number of hydrogen-bond donors (Lipinski definition) is 1. The van der Waals surface area contributed by atoms with Crippen LogP contribution in [0.15, 0.2) is 64.6 Å². The summed E-state index contributed by atoms with van der Waals surface area (Å²) in [7, 11) is -3.88. The van der Waals surface area contributed by atoms with E-state index in [1.54, 1.807) is 44.2 Å². The Labute approximate surface area is 154 Å². The van der Waals surface area contributed by atoms with E-state index in [0.717, 1.165) is 16.3 Å². The lowest BCUT2D eigenvalue weighted by molar-refractivity contribution is -0.119. The van der Waals surface area contributed by atoms with Crippen LogP contribution in [0.3, 0.4) is 0 Å². The maximum Gasteiger partial charge on any atom is 0.264 e. The summed E-state index contributed by atoms with van der Waals surface area (Å²) in [5.41, 5.74) is 4.55. The minimum atomic E-state index is -3.88. The predicted octanol–water partition coefficient (Wildman–Crippen LogP) is 2.96. The van der Waals surface area contributed by atoms with Crippen molar-refractivity contribution in [2.24, 2.45) is 5.10 Å². The Morgan fingerprint density at radius 2 is 1.65 bits per heavy atom. The van der Waals surface area contributed by atoms with Crippen molar-refractivity contribution < 1.29 is 13.2 Å². The summed E-state index contributed by atoms with van der Waals surface area (Å²) in [6.45, 7) is 5.13. The Morgan fingerprint density at radius 3 is 2.19 bits per heavy atom. The number of nitrogens with zero attached hydrogens (tertiary/aromatic N) is 2. The summed E-state index contributed by atoms with van der Waals surface area (Å²) >= 11 is 0. The van der Waals surface area contributed by atoms with E-state index in [1.165, 1.54) is 12.1 Å². The van der Waals surface area contributed by atoms with E-state index < -0.39 is 15.9 Å². The van der Waals surface area contributed by atoms with Gasteiger partial charge in [-0.3, -0.25) is 9.10 Å². The van der Waals surface area contributed by atoms with E-state index in [4.69, 9.17) is 0 Å². The number of benzene rings is 2. The van der Waals surface area contributed by atoms with Crippen LogP contribution in [0, 0.1) is 0 Å². The van der Waals surface area contributed by atoms with Gasteiger partial charge in [0, 0.05) is 5.71 Å². The maximum absolute atomic E-state index is 13.1. The molecule has 0 spiro atoms. The predicted molar refractivity (Wildman–Crippen MR) is 104 cm³/mol. The van der Waals surface area contributed by atoms with E-state index in [0.29, 0.717) is 11.4 Å². The first-order valence-electron chi connectivity index (χ1n) is 8.31. The first kappa shape index (κ1) is 19.7. The van der Waals surface area contributed by atoms with E-state index in [2.05, 4.69) is 10.5 Å². The third-order valence-electron chi connectivity index (χ3n) is 3.66. The molecule has 2 aromatic rings. The molecule has 0 atom stereocenters. The first-order valence-corrected chi connectivity index (χ1v) is 9.75. The van der Waals surface area contributed by atoms with Crippen LogP contribution in [0.4, 0.5) is 5.69 Å². The number of sulfonamides is 1. The number of carbonyl (C=O) groups is 1. The molecule has 0 bridgehead atoms. The van der Waals surface area contributed by atoms with Crippen molar-refractivity contribution in [2.75, 3.05) is 10.8 Å². The molecule has 0 aliphatic carbocycles. The molecule has 0 saturated carbocycles. The number of hydrazone groups is 1. The van der Waals surface area contributed by atoms with Crippen LogP contribution in [0.1, 0.15) is 26.3 Å². The van der Waals surface area contributed by atoms with Gasteiger partial charge >= 0.3 is 0 Å². The Bertz CT molecular complexity index is 872. The quantitative estimate of drug-likeness (QED) is 0.599. The van der Waals surface area contributed by atoms with Gasteiger partial charge in [-0.1, -0.05) is 37.3 Å². The molecule has 2 aromatic carbocycles. The van der Waals surface area contributed by atoms with E-state index >= 15 is 0 Å². The summed E-state index contributed by atoms with van der Waals surface area (Å²) in [6, 6.07) is 15.2. The first-order chi connectivity index (χ1) is 12.3. The number of anilines is 1. The molecule has 0 radical (unpaired) electrons. The van der Waals surface area contributed by atoms with Gasteiger partial charge in [0.1, 0.15) is 6.54 Å². The molecule has 2 rings (SSSR count). The molecule has 6 nitrogen and oxygen atoms in total. The lowest BCUT2D eigenvalue weighted by Crippen LogP contribution is -2.39. The normalized spacial score (nSPS) is 10.9. The fraction of sp³-hybridized carbons (Fsp3) is 0.263. The highest BCUT2D eigenvalue weighted by Gasteiger charge is 2.27. The zero-order valence-electron chi connectivity index (χ0n) is 15.1. The number of amides is 1. The Morgan fingerprint density at radius 1 is 1.04 bits per heavy atom. The Kier molecular flexibility index (Phi) is 6.52. The Balaban J connectivity index is 2.40.